The van der Waals surface area contributed by atoms with E-state index in [1.165, 1.54) is 18.2 Å². The number of methoxy groups -OCH3 is 1. The Kier molecular flexibility index (Phi) is 5.07. The first-order chi connectivity index (χ1) is 12.7. The summed E-state index contributed by atoms with van der Waals surface area (Å²) in [5.41, 5.74) is 2.56. The lowest BCUT2D eigenvalue weighted by Gasteiger charge is -2.22. The van der Waals surface area contributed by atoms with E-state index in [-0.39, 0.29) is 34.3 Å². The zero-order valence-electron chi connectivity index (χ0n) is 16.2. The summed E-state index contributed by atoms with van der Waals surface area (Å²) in [7, 11) is 1.65. The van der Waals surface area contributed by atoms with E-state index in [2.05, 4.69) is 27.7 Å². The first kappa shape index (κ1) is 19.1. The van der Waals surface area contributed by atoms with Gasteiger partial charge in [-0.25, -0.2) is 4.79 Å². The highest BCUT2D eigenvalue weighted by atomic mass is 16.5. The standard InChI is InChI=1S/C22H24O5/c1-11(2)14-9-16-19(23)15-8-13(22(24)25)6-7-18(15)27-21(16)17(10-14)20(26-5)12(3)4/h6-12,20H,1-5H3,(H,24,25). The normalized spacial score (nSPS) is 13.0. The molecular formula is C22H24O5. The Bertz CT molecular complexity index is 1080. The van der Waals surface area contributed by atoms with Crippen molar-refractivity contribution in [3.63, 3.8) is 0 Å². The van der Waals surface area contributed by atoms with Gasteiger partial charge in [-0.05, 0) is 47.7 Å². The van der Waals surface area contributed by atoms with E-state index >= 15 is 0 Å². The van der Waals surface area contributed by atoms with Crippen LogP contribution < -0.4 is 5.43 Å². The van der Waals surface area contributed by atoms with Crippen molar-refractivity contribution < 1.29 is 19.1 Å². The molecule has 2 aromatic carbocycles. The van der Waals surface area contributed by atoms with Crippen LogP contribution in [0.5, 0.6) is 0 Å². The van der Waals surface area contributed by atoms with Gasteiger partial charge in [0, 0.05) is 12.7 Å². The second-order valence-electron chi connectivity index (χ2n) is 7.49. The molecule has 0 aliphatic carbocycles. The summed E-state index contributed by atoms with van der Waals surface area (Å²) in [5, 5.41) is 9.95. The highest BCUT2D eigenvalue weighted by molar-refractivity contribution is 5.96. The fraction of sp³-hybridized carbons (Fsp3) is 0.364. The molecule has 5 heteroatoms. The molecule has 0 saturated heterocycles. The summed E-state index contributed by atoms with van der Waals surface area (Å²) in [5.74, 6) is -0.665. The monoisotopic (exact) mass is 368 g/mol. The maximum absolute atomic E-state index is 13.2. The van der Waals surface area contributed by atoms with Crippen LogP contribution in [0.2, 0.25) is 0 Å². The van der Waals surface area contributed by atoms with Gasteiger partial charge >= 0.3 is 5.97 Å². The van der Waals surface area contributed by atoms with Gasteiger partial charge in [-0.1, -0.05) is 27.7 Å². The minimum atomic E-state index is -1.08. The summed E-state index contributed by atoms with van der Waals surface area (Å²) in [6.07, 6.45) is -0.218. The number of hydrogen-bond donors (Lipinski definition) is 1. The molecule has 1 N–H and O–H groups in total. The molecule has 3 rings (SSSR count). The summed E-state index contributed by atoms with van der Waals surface area (Å²) in [4.78, 5) is 24.4. The van der Waals surface area contributed by atoms with E-state index in [1.54, 1.807) is 7.11 Å². The van der Waals surface area contributed by atoms with Crippen molar-refractivity contribution in [1.82, 2.24) is 0 Å². The predicted molar refractivity (Wildman–Crippen MR) is 106 cm³/mol. The third-order valence-electron chi connectivity index (χ3n) is 4.90. The molecule has 5 nitrogen and oxygen atoms in total. The first-order valence-corrected chi connectivity index (χ1v) is 9.05. The number of hydrogen-bond acceptors (Lipinski definition) is 4. The van der Waals surface area contributed by atoms with Crippen molar-refractivity contribution in [1.29, 1.82) is 0 Å². The lowest BCUT2D eigenvalue weighted by molar-refractivity contribution is 0.0650. The van der Waals surface area contributed by atoms with Crippen molar-refractivity contribution in [2.45, 2.75) is 39.7 Å². The van der Waals surface area contributed by atoms with Gasteiger partial charge in [-0.3, -0.25) is 4.79 Å². The largest absolute Gasteiger partial charge is 0.478 e. The highest BCUT2D eigenvalue weighted by Gasteiger charge is 2.23. The van der Waals surface area contributed by atoms with Crippen molar-refractivity contribution >= 4 is 27.9 Å². The Morgan fingerprint density at radius 3 is 2.33 bits per heavy atom. The topological polar surface area (TPSA) is 76.7 Å². The fourth-order valence-corrected chi connectivity index (χ4v) is 3.44. The Balaban J connectivity index is 2.45. The zero-order valence-corrected chi connectivity index (χ0v) is 16.2. The van der Waals surface area contributed by atoms with E-state index in [0.29, 0.717) is 16.6 Å². The van der Waals surface area contributed by atoms with Gasteiger partial charge in [0.05, 0.1) is 22.4 Å². The molecule has 1 unspecified atom stereocenters. The van der Waals surface area contributed by atoms with Gasteiger partial charge in [0.15, 0.2) is 0 Å². The number of fused-ring (bicyclic) bond motifs is 2. The number of ether oxygens (including phenoxy) is 1. The minimum Gasteiger partial charge on any atom is -0.478 e. The summed E-state index contributed by atoms with van der Waals surface area (Å²) in [6, 6.07) is 8.24. The molecule has 0 saturated carbocycles. The quantitative estimate of drug-likeness (QED) is 0.633. The van der Waals surface area contributed by atoms with Crippen LogP contribution in [0.1, 0.15) is 61.2 Å². The highest BCUT2D eigenvalue weighted by Crippen LogP contribution is 2.34. The van der Waals surface area contributed by atoms with Crippen LogP contribution >= 0.6 is 0 Å². The maximum atomic E-state index is 13.2. The van der Waals surface area contributed by atoms with Gasteiger partial charge in [-0.2, -0.15) is 0 Å². The molecule has 142 valence electrons. The van der Waals surface area contributed by atoms with Crippen LogP contribution in [0.25, 0.3) is 21.9 Å². The number of rotatable bonds is 5. The average Bonchev–Trinajstić information content (AvgIpc) is 2.62. The van der Waals surface area contributed by atoms with Crippen LogP contribution in [-0.4, -0.2) is 18.2 Å². The van der Waals surface area contributed by atoms with Gasteiger partial charge in [0.25, 0.3) is 0 Å². The minimum absolute atomic E-state index is 0.0614. The molecule has 3 aromatic rings. The summed E-state index contributed by atoms with van der Waals surface area (Å²) in [6.45, 7) is 8.24. The predicted octanol–water partition coefficient (Wildman–Crippen LogP) is 5.11. The van der Waals surface area contributed by atoms with Crippen LogP contribution in [0, 0.1) is 5.92 Å². The molecule has 27 heavy (non-hydrogen) atoms. The van der Waals surface area contributed by atoms with E-state index in [0.717, 1.165) is 11.1 Å². The van der Waals surface area contributed by atoms with E-state index in [9.17, 15) is 14.7 Å². The van der Waals surface area contributed by atoms with Crippen LogP contribution in [0.3, 0.4) is 0 Å². The number of benzene rings is 2. The summed E-state index contributed by atoms with van der Waals surface area (Å²) < 4.78 is 11.8. The van der Waals surface area contributed by atoms with E-state index in [1.807, 2.05) is 12.1 Å². The average molecular weight is 368 g/mol. The molecular weight excluding hydrogens is 344 g/mol. The lowest BCUT2D eigenvalue weighted by atomic mass is 9.91. The summed E-state index contributed by atoms with van der Waals surface area (Å²) >= 11 is 0. The molecule has 1 atom stereocenters. The Hall–Kier alpha value is -2.66. The molecule has 1 aromatic heterocycles. The van der Waals surface area contributed by atoms with Crippen LogP contribution in [0.15, 0.2) is 39.5 Å². The van der Waals surface area contributed by atoms with Gasteiger partial charge in [0.2, 0.25) is 5.43 Å². The molecule has 0 spiro atoms. The zero-order chi connectivity index (χ0) is 19.9. The number of carbonyl (C=O) groups is 1. The van der Waals surface area contributed by atoms with Gasteiger partial charge in [0.1, 0.15) is 11.2 Å². The van der Waals surface area contributed by atoms with Gasteiger partial charge in [-0.15, -0.1) is 0 Å². The lowest BCUT2D eigenvalue weighted by Crippen LogP contribution is -2.13. The molecule has 0 amide bonds. The molecule has 0 aliphatic rings. The number of aromatic carboxylic acids is 1. The second-order valence-corrected chi connectivity index (χ2v) is 7.49. The first-order valence-electron chi connectivity index (χ1n) is 9.05. The Morgan fingerprint density at radius 2 is 1.78 bits per heavy atom. The van der Waals surface area contributed by atoms with E-state index in [4.69, 9.17) is 9.15 Å². The Labute approximate surface area is 157 Å². The molecule has 0 radical (unpaired) electrons. The Morgan fingerprint density at radius 1 is 1.07 bits per heavy atom. The van der Waals surface area contributed by atoms with Crippen molar-refractivity contribution in [3.05, 3.63) is 57.2 Å². The SMILES string of the molecule is COC(c1cc(C(C)C)cc2c(=O)c3cc(C(=O)O)ccc3oc12)C(C)C. The molecule has 0 aliphatic heterocycles. The molecule has 0 fully saturated rings. The van der Waals surface area contributed by atoms with Crippen molar-refractivity contribution in [2.24, 2.45) is 5.92 Å². The third-order valence-corrected chi connectivity index (χ3v) is 4.90. The van der Waals surface area contributed by atoms with Crippen molar-refractivity contribution in [2.75, 3.05) is 7.11 Å². The fourth-order valence-electron chi connectivity index (χ4n) is 3.44. The third kappa shape index (κ3) is 3.35. The van der Waals surface area contributed by atoms with E-state index < -0.39 is 5.97 Å². The molecule has 1 heterocycles. The van der Waals surface area contributed by atoms with Crippen LogP contribution in [0.4, 0.5) is 0 Å². The second kappa shape index (κ2) is 7.16. The number of carboxylic acids is 1. The number of carboxylic acid groups (broad SMARTS) is 1. The van der Waals surface area contributed by atoms with Crippen LogP contribution in [-0.2, 0) is 4.74 Å². The van der Waals surface area contributed by atoms with Crippen molar-refractivity contribution in [3.8, 4) is 0 Å². The van der Waals surface area contributed by atoms with Gasteiger partial charge < -0.3 is 14.3 Å². The smallest absolute Gasteiger partial charge is 0.335 e. The maximum Gasteiger partial charge on any atom is 0.335 e. The molecule has 0 bridgehead atoms.